The predicted molar refractivity (Wildman–Crippen MR) is 63.0 cm³/mol. The zero-order valence-electron chi connectivity index (χ0n) is 7.60. The molecule has 0 amide bonds. The lowest BCUT2D eigenvalue weighted by molar-refractivity contribution is 0.823. The van der Waals surface area contributed by atoms with Crippen LogP contribution in [0.4, 0.5) is 0 Å². The van der Waals surface area contributed by atoms with E-state index in [1.54, 1.807) is 11.3 Å². The van der Waals surface area contributed by atoms with E-state index in [0.717, 1.165) is 0 Å². The Morgan fingerprint density at radius 2 is 1.57 bits per heavy atom. The molecule has 2 aromatic rings. The second-order valence-electron chi connectivity index (χ2n) is 2.57. The van der Waals surface area contributed by atoms with Crippen LogP contribution in [0.1, 0.15) is 0 Å². The minimum Gasteiger partial charge on any atom is -0.412 e. The predicted octanol–water partition coefficient (Wildman–Crippen LogP) is -0.246. The van der Waals surface area contributed by atoms with Gasteiger partial charge in [0.05, 0.1) is 0 Å². The number of rotatable bonds is 2. The van der Waals surface area contributed by atoms with Gasteiger partial charge in [0.15, 0.2) is 0 Å². The molecule has 0 unspecified atom stereocenters. The molecule has 0 spiro atoms. The van der Waals surface area contributed by atoms with E-state index in [2.05, 4.69) is 49.1 Å². The van der Waals surface area contributed by atoms with Crippen molar-refractivity contribution in [1.82, 2.24) is 0 Å². The zero-order valence-corrected chi connectivity index (χ0v) is 8.42. The molecule has 73 valence electrons. The third kappa shape index (κ3) is 3.34. The average Bonchev–Trinajstić information content (AvgIpc) is 2.59. The van der Waals surface area contributed by atoms with Gasteiger partial charge in [-0.1, -0.05) is 47.9 Å². The van der Waals surface area contributed by atoms with Gasteiger partial charge in [0.2, 0.25) is 7.28 Å². The van der Waals surface area contributed by atoms with Crippen molar-refractivity contribution < 1.29 is 11.0 Å². The first-order chi connectivity index (χ1) is 5.95. The second-order valence-corrected chi connectivity index (χ2v) is 3.55. The molecule has 1 aromatic heterocycles. The Balaban J connectivity index is 0.000000845. The molecule has 14 heavy (non-hydrogen) atoms. The fourth-order valence-corrected chi connectivity index (χ4v) is 1.76. The van der Waals surface area contributed by atoms with E-state index >= 15 is 0 Å². The lowest BCUT2D eigenvalue weighted by Crippen LogP contribution is -2.23. The first-order valence-electron chi connectivity index (χ1n) is 3.88. The average molecular weight is 207 g/mol. The van der Waals surface area contributed by atoms with Crippen LogP contribution in [0.5, 0.6) is 0 Å². The molecule has 4 heteroatoms. The van der Waals surface area contributed by atoms with Gasteiger partial charge in [-0.15, -0.1) is 0 Å². The molecule has 0 saturated carbocycles. The molecule has 0 aliphatic carbocycles. The summed E-state index contributed by atoms with van der Waals surface area (Å²) in [7, 11) is 2.19. The van der Waals surface area contributed by atoms with Crippen molar-refractivity contribution in [3.8, 4) is 0 Å². The smallest absolute Gasteiger partial charge is 0.205 e. The highest BCUT2D eigenvalue weighted by molar-refractivity contribution is 7.20. The first kappa shape index (κ1) is 12.9. The van der Waals surface area contributed by atoms with E-state index in [9.17, 15) is 0 Å². The van der Waals surface area contributed by atoms with E-state index in [1.165, 1.54) is 10.2 Å². The molecule has 0 saturated heterocycles. The molecule has 0 fully saturated rings. The topological polar surface area (TPSA) is 63.0 Å². The van der Waals surface area contributed by atoms with Crippen LogP contribution in [0.15, 0.2) is 47.8 Å². The van der Waals surface area contributed by atoms with Crippen LogP contribution < -0.4 is 10.2 Å². The van der Waals surface area contributed by atoms with Crippen LogP contribution in [-0.4, -0.2) is 18.2 Å². The van der Waals surface area contributed by atoms with Gasteiger partial charge in [-0.05, 0) is 10.2 Å². The van der Waals surface area contributed by atoms with Gasteiger partial charge >= 0.3 is 0 Å². The fourth-order valence-electron chi connectivity index (χ4n) is 1.09. The molecule has 2 rings (SSSR count). The summed E-state index contributed by atoms with van der Waals surface area (Å²) >= 11 is 1.76. The minimum atomic E-state index is 0. The number of hydrogen-bond acceptors (Lipinski definition) is 1. The highest BCUT2D eigenvalue weighted by Gasteiger charge is 1.97. The molecule has 0 aliphatic heterocycles. The van der Waals surface area contributed by atoms with Crippen molar-refractivity contribution in [2.45, 2.75) is 0 Å². The van der Waals surface area contributed by atoms with Crippen molar-refractivity contribution in [2.24, 2.45) is 0 Å². The standard InChI is InChI=1S/C10H8BS.2H2O/c1-2-5-9(6-3-1)11-10-7-4-8-12-10;;/h1-8H;2*1H2. The van der Waals surface area contributed by atoms with Crippen molar-refractivity contribution in [3.63, 3.8) is 0 Å². The normalized spacial score (nSPS) is 8.29. The quantitative estimate of drug-likeness (QED) is 0.610. The maximum atomic E-state index is 2.19. The minimum absolute atomic E-state index is 0. The van der Waals surface area contributed by atoms with Gasteiger partial charge in [0.1, 0.15) is 0 Å². The summed E-state index contributed by atoms with van der Waals surface area (Å²) in [5, 5.41) is 2.09. The summed E-state index contributed by atoms with van der Waals surface area (Å²) in [4.78, 5) is 0. The summed E-state index contributed by atoms with van der Waals surface area (Å²) in [6, 6.07) is 14.6. The highest BCUT2D eigenvalue weighted by atomic mass is 32.1. The van der Waals surface area contributed by atoms with Crippen molar-refractivity contribution in [1.29, 1.82) is 0 Å². The van der Waals surface area contributed by atoms with Gasteiger partial charge in [0, 0.05) is 0 Å². The monoisotopic (exact) mass is 207 g/mol. The Morgan fingerprint density at radius 3 is 2.14 bits per heavy atom. The molecule has 1 heterocycles. The van der Waals surface area contributed by atoms with Gasteiger partial charge in [0.25, 0.3) is 0 Å². The third-order valence-electron chi connectivity index (χ3n) is 1.65. The van der Waals surface area contributed by atoms with Crippen molar-refractivity contribution in [3.05, 3.63) is 47.8 Å². The van der Waals surface area contributed by atoms with E-state index in [4.69, 9.17) is 0 Å². The summed E-state index contributed by atoms with van der Waals surface area (Å²) in [5.74, 6) is 0. The van der Waals surface area contributed by atoms with E-state index in [0.29, 0.717) is 0 Å². The largest absolute Gasteiger partial charge is 0.412 e. The van der Waals surface area contributed by atoms with Crippen molar-refractivity contribution >= 4 is 28.9 Å². The zero-order chi connectivity index (χ0) is 8.23. The maximum Gasteiger partial charge on any atom is 0.205 e. The second kappa shape index (κ2) is 6.37. The van der Waals surface area contributed by atoms with E-state index in [-0.39, 0.29) is 11.0 Å². The van der Waals surface area contributed by atoms with Crippen LogP contribution in [0, 0.1) is 0 Å². The van der Waals surface area contributed by atoms with Gasteiger partial charge < -0.3 is 11.0 Å². The van der Waals surface area contributed by atoms with Crippen LogP contribution in [0.2, 0.25) is 0 Å². The molecule has 2 nitrogen and oxygen atoms in total. The summed E-state index contributed by atoms with van der Waals surface area (Å²) < 4.78 is 1.31. The van der Waals surface area contributed by atoms with E-state index < -0.39 is 0 Å². The summed E-state index contributed by atoms with van der Waals surface area (Å²) in [6.07, 6.45) is 0. The number of hydrogen-bond donors (Lipinski definition) is 0. The molecule has 4 N–H and O–H groups in total. The number of benzene rings is 1. The van der Waals surface area contributed by atoms with E-state index in [1.807, 2.05) is 6.07 Å². The highest BCUT2D eigenvalue weighted by Crippen LogP contribution is 1.91. The Morgan fingerprint density at radius 1 is 0.857 bits per heavy atom. The Labute approximate surface area is 88.1 Å². The first-order valence-corrected chi connectivity index (χ1v) is 4.76. The summed E-state index contributed by atoms with van der Waals surface area (Å²) in [6.45, 7) is 0. The fraction of sp³-hybridized carbons (Fsp3) is 0. The molecule has 1 aromatic carbocycles. The van der Waals surface area contributed by atoms with Crippen molar-refractivity contribution in [2.75, 3.05) is 0 Å². The molecular formula is C10H12BO2S. The third-order valence-corrected chi connectivity index (χ3v) is 2.47. The molecule has 0 atom stereocenters. The molecule has 0 bridgehead atoms. The molecule has 1 radical (unpaired) electrons. The lowest BCUT2D eigenvalue weighted by Gasteiger charge is -1.94. The molecular weight excluding hydrogens is 195 g/mol. The van der Waals surface area contributed by atoms with Crippen LogP contribution >= 0.6 is 11.3 Å². The van der Waals surface area contributed by atoms with Gasteiger partial charge in [-0.25, -0.2) is 0 Å². The Hall–Kier alpha value is -1.10. The van der Waals surface area contributed by atoms with Gasteiger partial charge in [-0.3, -0.25) is 0 Å². The Kier molecular flexibility index (Phi) is 5.87. The maximum absolute atomic E-state index is 2.19. The Bertz CT molecular complexity index is 334. The lowest BCUT2D eigenvalue weighted by atomic mass is 9.69. The summed E-state index contributed by atoms with van der Waals surface area (Å²) in [5.41, 5.74) is 1.26. The van der Waals surface area contributed by atoms with Crippen LogP contribution in [0.25, 0.3) is 0 Å². The van der Waals surface area contributed by atoms with Crippen LogP contribution in [0.3, 0.4) is 0 Å². The van der Waals surface area contributed by atoms with Gasteiger partial charge in [-0.2, -0.15) is 11.3 Å². The number of thiophene rings is 1. The SMILES string of the molecule is O.O.[B](c1ccccc1)c1cccs1. The molecule has 0 aliphatic rings. The van der Waals surface area contributed by atoms with Crippen LogP contribution in [-0.2, 0) is 0 Å².